The standard InChI is InChI=1S/C11H15FO2/c1-9(7-8-13-2)14-11-5-3-10(12)4-6-11/h3-6,9H,7-8H2,1-2H3. The molecule has 0 aromatic heterocycles. The van der Waals surface area contributed by atoms with Crippen LogP contribution in [0.25, 0.3) is 0 Å². The van der Waals surface area contributed by atoms with E-state index < -0.39 is 0 Å². The van der Waals surface area contributed by atoms with E-state index in [1.807, 2.05) is 6.92 Å². The third kappa shape index (κ3) is 3.75. The van der Waals surface area contributed by atoms with Gasteiger partial charge in [0.1, 0.15) is 11.6 Å². The Morgan fingerprint density at radius 1 is 1.29 bits per heavy atom. The molecule has 0 fully saturated rings. The van der Waals surface area contributed by atoms with E-state index in [2.05, 4.69) is 0 Å². The Kier molecular flexibility index (Phi) is 4.40. The molecule has 0 amide bonds. The molecular weight excluding hydrogens is 183 g/mol. The van der Waals surface area contributed by atoms with Crippen LogP contribution in [0.5, 0.6) is 5.75 Å². The average Bonchev–Trinajstić information content (AvgIpc) is 2.18. The van der Waals surface area contributed by atoms with Gasteiger partial charge in [0.25, 0.3) is 0 Å². The fourth-order valence-corrected chi connectivity index (χ4v) is 1.09. The molecule has 0 spiro atoms. The van der Waals surface area contributed by atoms with E-state index in [1.54, 1.807) is 19.2 Å². The SMILES string of the molecule is COCCC(C)Oc1ccc(F)cc1. The van der Waals surface area contributed by atoms with Crippen LogP contribution in [0, 0.1) is 5.82 Å². The van der Waals surface area contributed by atoms with Crippen molar-refractivity contribution in [1.29, 1.82) is 0 Å². The lowest BCUT2D eigenvalue weighted by molar-refractivity contribution is 0.135. The van der Waals surface area contributed by atoms with Gasteiger partial charge < -0.3 is 9.47 Å². The minimum atomic E-state index is -0.248. The van der Waals surface area contributed by atoms with Gasteiger partial charge in [0.2, 0.25) is 0 Å². The molecule has 0 saturated heterocycles. The molecule has 14 heavy (non-hydrogen) atoms. The quantitative estimate of drug-likeness (QED) is 0.724. The Morgan fingerprint density at radius 3 is 2.50 bits per heavy atom. The van der Waals surface area contributed by atoms with Crippen molar-refractivity contribution in [2.45, 2.75) is 19.4 Å². The summed E-state index contributed by atoms with van der Waals surface area (Å²) in [6, 6.07) is 6.02. The van der Waals surface area contributed by atoms with Crippen LogP contribution in [0.4, 0.5) is 4.39 Å². The summed E-state index contributed by atoms with van der Waals surface area (Å²) >= 11 is 0. The molecule has 0 heterocycles. The molecule has 0 aliphatic rings. The highest BCUT2D eigenvalue weighted by atomic mass is 19.1. The van der Waals surface area contributed by atoms with Crippen molar-refractivity contribution in [1.82, 2.24) is 0 Å². The van der Waals surface area contributed by atoms with Gasteiger partial charge in [0, 0.05) is 20.1 Å². The van der Waals surface area contributed by atoms with Crippen LogP contribution in [0.15, 0.2) is 24.3 Å². The molecule has 0 saturated carbocycles. The minimum Gasteiger partial charge on any atom is -0.491 e. The Labute approximate surface area is 83.6 Å². The monoisotopic (exact) mass is 198 g/mol. The highest BCUT2D eigenvalue weighted by Gasteiger charge is 2.03. The maximum Gasteiger partial charge on any atom is 0.123 e. The zero-order valence-electron chi connectivity index (χ0n) is 8.50. The van der Waals surface area contributed by atoms with Gasteiger partial charge in [-0.2, -0.15) is 0 Å². The molecule has 0 bridgehead atoms. The summed E-state index contributed by atoms with van der Waals surface area (Å²) in [5.41, 5.74) is 0. The van der Waals surface area contributed by atoms with Crippen molar-refractivity contribution in [3.8, 4) is 5.75 Å². The summed E-state index contributed by atoms with van der Waals surface area (Å²) in [6.45, 7) is 2.63. The molecule has 3 heteroatoms. The van der Waals surface area contributed by atoms with E-state index in [-0.39, 0.29) is 11.9 Å². The van der Waals surface area contributed by atoms with E-state index in [0.29, 0.717) is 12.4 Å². The molecule has 1 rings (SSSR count). The number of hydrogen-bond acceptors (Lipinski definition) is 2. The summed E-state index contributed by atoms with van der Waals surface area (Å²) in [5.74, 6) is 0.442. The second kappa shape index (κ2) is 5.60. The summed E-state index contributed by atoms with van der Waals surface area (Å²) < 4.78 is 23.0. The maximum atomic E-state index is 12.6. The molecule has 1 unspecified atom stereocenters. The lowest BCUT2D eigenvalue weighted by atomic mass is 10.3. The van der Waals surface area contributed by atoms with Gasteiger partial charge in [-0.15, -0.1) is 0 Å². The molecule has 1 aromatic carbocycles. The lowest BCUT2D eigenvalue weighted by Crippen LogP contribution is -2.14. The predicted molar refractivity (Wildman–Crippen MR) is 53.0 cm³/mol. The maximum absolute atomic E-state index is 12.6. The van der Waals surface area contributed by atoms with Gasteiger partial charge in [-0.1, -0.05) is 0 Å². The van der Waals surface area contributed by atoms with Crippen LogP contribution in [0.1, 0.15) is 13.3 Å². The van der Waals surface area contributed by atoms with Crippen molar-refractivity contribution in [2.24, 2.45) is 0 Å². The molecule has 0 radical (unpaired) electrons. The summed E-state index contributed by atoms with van der Waals surface area (Å²) in [4.78, 5) is 0. The van der Waals surface area contributed by atoms with Gasteiger partial charge in [0.05, 0.1) is 6.10 Å². The fourth-order valence-electron chi connectivity index (χ4n) is 1.09. The van der Waals surface area contributed by atoms with Crippen LogP contribution in [0.3, 0.4) is 0 Å². The minimum absolute atomic E-state index is 0.0837. The topological polar surface area (TPSA) is 18.5 Å². The number of methoxy groups -OCH3 is 1. The van der Waals surface area contributed by atoms with Crippen LogP contribution in [-0.4, -0.2) is 19.8 Å². The summed E-state index contributed by atoms with van der Waals surface area (Å²) in [5, 5.41) is 0. The van der Waals surface area contributed by atoms with E-state index in [0.717, 1.165) is 6.42 Å². The Morgan fingerprint density at radius 2 is 1.93 bits per heavy atom. The highest BCUT2D eigenvalue weighted by Crippen LogP contribution is 2.13. The van der Waals surface area contributed by atoms with Crippen LogP contribution in [0.2, 0.25) is 0 Å². The van der Waals surface area contributed by atoms with Gasteiger partial charge in [-0.3, -0.25) is 0 Å². The first-order valence-corrected chi connectivity index (χ1v) is 4.63. The van der Waals surface area contributed by atoms with E-state index in [9.17, 15) is 4.39 Å². The van der Waals surface area contributed by atoms with Crippen LogP contribution in [-0.2, 0) is 4.74 Å². The van der Waals surface area contributed by atoms with E-state index in [4.69, 9.17) is 9.47 Å². The first-order valence-electron chi connectivity index (χ1n) is 4.63. The van der Waals surface area contributed by atoms with Crippen molar-refractivity contribution >= 4 is 0 Å². The third-order valence-electron chi connectivity index (χ3n) is 1.88. The van der Waals surface area contributed by atoms with Gasteiger partial charge in [-0.05, 0) is 31.2 Å². The Hall–Kier alpha value is -1.09. The Bertz CT molecular complexity index is 258. The van der Waals surface area contributed by atoms with Crippen molar-refractivity contribution in [2.75, 3.05) is 13.7 Å². The predicted octanol–water partition coefficient (Wildman–Crippen LogP) is 2.63. The van der Waals surface area contributed by atoms with Gasteiger partial charge >= 0.3 is 0 Å². The third-order valence-corrected chi connectivity index (χ3v) is 1.88. The lowest BCUT2D eigenvalue weighted by Gasteiger charge is -2.13. The van der Waals surface area contributed by atoms with Crippen LogP contribution < -0.4 is 4.74 Å². The number of rotatable bonds is 5. The fraction of sp³-hybridized carbons (Fsp3) is 0.455. The Balaban J connectivity index is 2.39. The largest absolute Gasteiger partial charge is 0.491 e. The molecule has 0 aliphatic carbocycles. The van der Waals surface area contributed by atoms with E-state index >= 15 is 0 Å². The number of benzene rings is 1. The smallest absolute Gasteiger partial charge is 0.123 e. The number of ether oxygens (including phenoxy) is 2. The zero-order chi connectivity index (χ0) is 10.4. The first kappa shape index (κ1) is 11.0. The molecular formula is C11H15FO2. The van der Waals surface area contributed by atoms with Crippen molar-refractivity contribution in [3.63, 3.8) is 0 Å². The highest BCUT2D eigenvalue weighted by molar-refractivity contribution is 5.22. The first-order chi connectivity index (χ1) is 6.72. The van der Waals surface area contributed by atoms with Gasteiger partial charge in [-0.25, -0.2) is 4.39 Å². The summed E-state index contributed by atoms with van der Waals surface area (Å²) in [6.07, 6.45) is 0.911. The second-order valence-corrected chi connectivity index (χ2v) is 3.16. The average molecular weight is 198 g/mol. The second-order valence-electron chi connectivity index (χ2n) is 3.16. The molecule has 1 aromatic rings. The van der Waals surface area contributed by atoms with Crippen molar-refractivity contribution in [3.05, 3.63) is 30.1 Å². The molecule has 1 atom stereocenters. The molecule has 0 aliphatic heterocycles. The summed E-state index contributed by atoms with van der Waals surface area (Å²) in [7, 11) is 1.66. The van der Waals surface area contributed by atoms with E-state index in [1.165, 1.54) is 12.1 Å². The number of hydrogen-bond donors (Lipinski definition) is 0. The molecule has 0 N–H and O–H groups in total. The van der Waals surface area contributed by atoms with Crippen molar-refractivity contribution < 1.29 is 13.9 Å². The molecule has 78 valence electrons. The molecule has 2 nitrogen and oxygen atoms in total. The zero-order valence-corrected chi connectivity index (χ0v) is 8.50. The number of halogens is 1. The van der Waals surface area contributed by atoms with Gasteiger partial charge in [0.15, 0.2) is 0 Å². The van der Waals surface area contributed by atoms with Crippen LogP contribution >= 0.6 is 0 Å². The normalized spacial score (nSPS) is 12.5.